The number of ether oxygens (including phenoxy) is 2. The number of amides is 1. The van der Waals surface area contributed by atoms with Crippen LogP contribution in [-0.4, -0.2) is 19.1 Å². The lowest BCUT2D eigenvalue weighted by Gasteiger charge is -2.15. The van der Waals surface area contributed by atoms with E-state index in [2.05, 4.69) is 5.32 Å². The maximum atomic E-state index is 12.4. The van der Waals surface area contributed by atoms with E-state index in [9.17, 15) is 4.79 Å². The molecular weight excluding hydrogens is 346 g/mol. The molecule has 1 amide bonds. The first-order valence-electron chi connectivity index (χ1n) is 7.97. The number of hydrogen-bond donors (Lipinski definition) is 1. The Morgan fingerprint density at radius 3 is 2.71 bits per heavy atom. The lowest BCUT2D eigenvalue weighted by Crippen LogP contribution is -2.22. The van der Waals surface area contributed by atoms with E-state index >= 15 is 0 Å². The fourth-order valence-corrected chi connectivity index (χ4v) is 3.27. The number of carbonyl (C=O) groups excluding carboxylic acids is 1. The lowest BCUT2D eigenvalue weighted by molar-refractivity contribution is 0.0950. The average molecular weight is 368 g/mol. The largest absolute Gasteiger partial charge is 0.490 e. The molecule has 0 bridgehead atoms. The molecule has 130 valence electrons. The molecule has 2 aromatic rings. The Bertz CT molecular complexity index is 700. The molecule has 0 atom stereocenters. The topological polar surface area (TPSA) is 47.6 Å². The fourth-order valence-electron chi connectivity index (χ4n) is 2.15. The van der Waals surface area contributed by atoms with Gasteiger partial charge in [0.25, 0.3) is 5.91 Å². The minimum atomic E-state index is -0.187. The Kier molecular flexibility index (Phi) is 6.94. The monoisotopic (exact) mass is 367 g/mol. The third-order valence-electron chi connectivity index (χ3n) is 3.40. The van der Waals surface area contributed by atoms with Crippen molar-refractivity contribution in [1.29, 1.82) is 0 Å². The molecular formula is C18H22ClNO3S. The van der Waals surface area contributed by atoms with E-state index in [1.54, 1.807) is 23.5 Å². The summed E-state index contributed by atoms with van der Waals surface area (Å²) in [6.07, 6.45) is 0.865. The summed E-state index contributed by atoms with van der Waals surface area (Å²) in [5.41, 5.74) is 1.64. The standard InChI is InChI=1S/C18H22ClNO3S/c1-4-7-23-17-14(19)9-13(10-15(17)22-5-2)18(21)20-11-16-12(3)6-8-24-16/h6,8-10H,4-5,7,11H2,1-3H3,(H,20,21). The molecule has 0 spiro atoms. The Labute approximate surface area is 151 Å². The molecule has 0 fully saturated rings. The molecule has 6 heteroatoms. The van der Waals surface area contributed by atoms with Crippen molar-refractivity contribution in [3.63, 3.8) is 0 Å². The molecule has 1 heterocycles. The summed E-state index contributed by atoms with van der Waals surface area (Å²) < 4.78 is 11.2. The van der Waals surface area contributed by atoms with Crippen LogP contribution in [0.3, 0.4) is 0 Å². The average Bonchev–Trinajstić information content (AvgIpc) is 2.97. The third kappa shape index (κ3) is 4.65. The molecule has 24 heavy (non-hydrogen) atoms. The van der Waals surface area contributed by atoms with Crippen molar-refractivity contribution in [1.82, 2.24) is 5.32 Å². The number of aryl methyl sites for hydroxylation is 1. The summed E-state index contributed by atoms with van der Waals surface area (Å²) in [5.74, 6) is 0.801. The second-order valence-corrected chi connectivity index (χ2v) is 6.68. The van der Waals surface area contributed by atoms with Crippen molar-refractivity contribution in [3.8, 4) is 11.5 Å². The van der Waals surface area contributed by atoms with E-state index in [1.807, 2.05) is 32.2 Å². The first kappa shape index (κ1) is 18.6. The number of carbonyl (C=O) groups is 1. The van der Waals surface area contributed by atoms with Crippen molar-refractivity contribution in [2.45, 2.75) is 33.7 Å². The van der Waals surface area contributed by atoms with Crippen LogP contribution in [0.15, 0.2) is 23.6 Å². The summed E-state index contributed by atoms with van der Waals surface area (Å²) in [6, 6.07) is 5.33. The van der Waals surface area contributed by atoms with Gasteiger partial charge in [-0.2, -0.15) is 0 Å². The van der Waals surface area contributed by atoms with Gasteiger partial charge in [-0.05, 0) is 49.4 Å². The molecule has 1 aromatic heterocycles. The van der Waals surface area contributed by atoms with Gasteiger partial charge in [-0.15, -0.1) is 11.3 Å². The highest BCUT2D eigenvalue weighted by Gasteiger charge is 2.16. The second kappa shape index (κ2) is 8.94. The first-order chi connectivity index (χ1) is 11.6. The van der Waals surface area contributed by atoms with E-state index in [4.69, 9.17) is 21.1 Å². The van der Waals surface area contributed by atoms with E-state index in [0.29, 0.717) is 41.8 Å². The van der Waals surface area contributed by atoms with E-state index in [0.717, 1.165) is 11.3 Å². The lowest BCUT2D eigenvalue weighted by atomic mass is 10.1. The molecule has 0 unspecified atom stereocenters. The highest BCUT2D eigenvalue weighted by Crippen LogP contribution is 2.36. The molecule has 2 rings (SSSR count). The van der Waals surface area contributed by atoms with Crippen LogP contribution in [0.5, 0.6) is 11.5 Å². The van der Waals surface area contributed by atoms with Gasteiger partial charge in [0.2, 0.25) is 0 Å². The zero-order valence-corrected chi connectivity index (χ0v) is 15.7. The number of hydrogen-bond acceptors (Lipinski definition) is 4. The van der Waals surface area contributed by atoms with E-state index in [-0.39, 0.29) is 5.91 Å². The molecule has 4 nitrogen and oxygen atoms in total. The van der Waals surface area contributed by atoms with Crippen LogP contribution in [0.1, 0.15) is 41.1 Å². The maximum absolute atomic E-state index is 12.4. The van der Waals surface area contributed by atoms with Crippen molar-refractivity contribution in [3.05, 3.63) is 44.6 Å². The van der Waals surface area contributed by atoms with Gasteiger partial charge >= 0.3 is 0 Å². The Morgan fingerprint density at radius 2 is 2.08 bits per heavy atom. The van der Waals surface area contributed by atoms with E-state index in [1.165, 1.54) is 5.56 Å². The number of thiophene rings is 1. The Morgan fingerprint density at radius 1 is 1.29 bits per heavy atom. The van der Waals surface area contributed by atoms with Crippen LogP contribution in [0.4, 0.5) is 0 Å². The summed E-state index contributed by atoms with van der Waals surface area (Å²) >= 11 is 7.92. The zero-order valence-electron chi connectivity index (χ0n) is 14.1. The quantitative estimate of drug-likeness (QED) is 0.727. The summed E-state index contributed by atoms with van der Waals surface area (Å²) in [6.45, 7) is 7.44. The smallest absolute Gasteiger partial charge is 0.251 e. The number of rotatable bonds is 8. The van der Waals surface area contributed by atoms with Crippen molar-refractivity contribution >= 4 is 28.8 Å². The molecule has 1 N–H and O–H groups in total. The number of benzene rings is 1. The summed E-state index contributed by atoms with van der Waals surface area (Å²) in [7, 11) is 0. The molecule has 0 radical (unpaired) electrons. The highest BCUT2D eigenvalue weighted by molar-refractivity contribution is 7.10. The van der Waals surface area contributed by atoms with Gasteiger partial charge in [0.15, 0.2) is 11.5 Å². The van der Waals surface area contributed by atoms with Crippen LogP contribution < -0.4 is 14.8 Å². The Balaban J connectivity index is 2.16. The third-order valence-corrected chi connectivity index (χ3v) is 4.70. The molecule has 0 aliphatic carbocycles. The second-order valence-electron chi connectivity index (χ2n) is 5.28. The van der Waals surface area contributed by atoms with Gasteiger partial charge in [-0.3, -0.25) is 4.79 Å². The van der Waals surface area contributed by atoms with Crippen LogP contribution in [0.25, 0.3) is 0 Å². The summed E-state index contributed by atoms with van der Waals surface area (Å²) in [5, 5.41) is 5.31. The minimum Gasteiger partial charge on any atom is -0.490 e. The molecule has 0 aliphatic rings. The zero-order chi connectivity index (χ0) is 17.5. The van der Waals surface area contributed by atoms with Crippen molar-refractivity contribution in [2.75, 3.05) is 13.2 Å². The van der Waals surface area contributed by atoms with Gasteiger partial charge in [0, 0.05) is 10.4 Å². The fraction of sp³-hybridized carbons (Fsp3) is 0.389. The van der Waals surface area contributed by atoms with Crippen LogP contribution >= 0.6 is 22.9 Å². The van der Waals surface area contributed by atoms with Gasteiger partial charge in [0.1, 0.15) is 0 Å². The summed E-state index contributed by atoms with van der Waals surface area (Å²) in [4.78, 5) is 13.6. The van der Waals surface area contributed by atoms with Crippen LogP contribution in [0, 0.1) is 6.92 Å². The Hall–Kier alpha value is -1.72. The SMILES string of the molecule is CCCOc1c(Cl)cc(C(=O)NCc2sccc2C)cc1OCC. The predicted octanol–water partition coefficient (Wildman–Crippen LogP) is 4.83. The van der Waals surface area contributed by atoms with Crippen molar-refractivity contribution < 1.29 is 14.3 Å². The highest BCUT2D eigenvalue weighted by atomic mass is 35.5. The van der Waals surface area contributed by atoms with Gasteiger partial charge in [-0.1, -0.05) is 18.5 Å². The van der Waals surface area contributed by atoms with Gasteiger partial charge < -0.3 is 14.8 Å². The number of nitrogens with one attached hydrogen (secondary N) is 1. The van der Waals surface area contributed by atoms with Crippen LogP contribution in [-0.2, 0) is 6.54 Å². The predicted molar refractivity (Wildman–Crippen MR) is 98.6 cm³/mol. The number of halogens is 1. The maximum Gasteiger partial charge on any atom is 0.251 e. The van der Waals surface area contributed by atoms with Gasteiger partial charge in [0.05, 0.1) is 24.8 Å². The molecule has 0 aliphatic heterocycles. The molecule has 0 saturated carbocycles. The molecule has 1 aromatic carbocycles. The van der Waals surface area contributed by atoms with Crippen molar-refractivity contribution in [2.24, 2.45) is 0 Å². The van der Waals surface area contributed by atoms with Crippen LogP contribution in [0.2, 0.25) is 5.02 Å². The normalized spacial score (nSPS) is 10.5. The van der Waals surface area contributed by atoms with Gasteiger partial charge in [-0.25, -0.2) is 0 Å². The molecule has 0 saturated heterocycles. The minimum absolute atomic E-state index is 0.187. The van der Waals surface area contributed by atoms with E-state index < -0.39 is 0 Å². The first-order valence-corrected chi connectivity index (χ1v) is 9.22.